The van der Waals surface area contributed by atoms with Gasteiger partial charge in [-0.2, -0.15) is 0 Å². The molecule has 47 heavy (non-hydrogen) atoms. The number of rotatable bonds is 8. The molecule has 9 heteroatoms. The van der Waals surface area contributed by atoms with Crippen LogP contribution in [0.4, 0.5) is 0 Å². The van der Waals surface area contributed by atoms with Crippen LogP contribution < -0.4 is 14.9 Å². The summed E-state index contributed by atoms with van der Waals surface area (Å²) in [5.74, 6) is -0.492. The maximum Gasteiger partial charge on any atom is 0.338 e. The largest absolute Gasteiger partial charge is 0.463 e. The Morgan fingerprint density at radius 2 is 1.70 bits per heavy atom. The number of ether oxygens (including phenoxy) is 1. The predicted octanol–water partition coefficient (Wildman–Crippen LogP) is 7.31. The topological polar surface area (TPSA) is 65.6 Å². The number of para-hydroxylation sites is 1. The van der Waals surface area contributed by atoms with Gasteiger partial charge in [0, 0.05) is 44.7 Å². The Bertz CT molecular complexity index is 2320. The van der Waals surface area contributed by atoms with Gasteiger partial charge in [-0.25, -0.2) is 9.79 Å². The number of hydrogen-bond donors (Lipinski definition) is 0. The molecule has 0 amide bonds. The summed E-state index contributed by atoms with van der Waals surface area (Å²) in [7, 11) is 0. The van der Waals surface area contributed by atoms with Gasteiger partial charge in [0.25, 0.3) is 5.56 Å². The van der Waals surface area contributed by atoms with Crippen LogP contribution in [0.15, 0.2) is 130 Å². The molecule has 0 aliphatic carbocycles. The van der Waals surface area contributed by atoms with Gasteiger partial charge in [-0.05, 0) is 60.7 Å². The lowest BCUT2D eigenvalue weighted by Crippen LogP contribution is -2.40. The van der Waals surface area contributed by atoms with E-state index in [0.29, 0.717) is 32.2 Å². The van der Waals surface area contributed by atoms with Crippen molar-refractivity contribution in [3.8, 4) is 0 Å². The highest BCUT2D eigenvalue weighted by Gasteiger charge is 2.35. The molecule has 0 saturated carbocycles. The van der Waals surface area contributed by atoms with Crippen molar-refractivity contribution in [1.82, 2.24) is 9.13 Å². The van der Waals surface area contributed by atoms with Gasteiger partial charge in [-0.1, -0.05) is 95.7 Å². The van der Waals surface area contributed by atoms with E-state index in [4.69, 9.17) is 21.3 Å². The number of fused-ring (bicyclic) bond motifs is 2. The summed E-state index contributed by atoms with van der Waals surface area (Å²) in [6.45, 7) is 2.64. The molecule has 0 radical (unpaired) electrons. The first kappa shape index (κ1) is 31.0. The number of hydrogen-bond acceptors (Lipinski definition) is 6. The molecule has 2 aromatic heterocycles. The second-order valence-electron chi connectivity index (χ2n) is 11.1. The second kappa shape index (κ2) is 13.2. The number of esters is 1. The Morgan fingerprint density at radius 3 is 2.43 bits per heavy atom. The van der Waals surface area contributed by atoms with Crippen LogP contribution in [-0.2, 0) is 16.1 Å². The van der Waals surface area contributed by atoms with E-state index in [1.165, 1.54) is 11.3 Å². The fraction of sp³-hybridized carbons (Fsp3) is 0.132. The lowest BCUT2D eigenvalue weighted by Gasteiger charge is -2.26. The Balaban J connectivity index is 1.44. The molecule has 1 aliphatic heterocycles. The molecule has 0 saturated heterocycles. The molecule has 6 nitrogen and oxygen atoms in total. The zero-order chi connectivity index (χ0) is 32.5. The normalized spacial score (nSPS) is 14.7. The van der Waals surface area contributed by atoms with E-state index in [0.717, 1.165) is 38.1 Å². The van der Waals surface area contributed by atoms with Gasteiger partial charge in [0.15, 0.2) is 4.80 Å². The molecule has 3 heterocycles. The van der Waals surface area contributed by atoms with Crippen molar-refractivity contribution in [3.05, 3.63) is 162 Å². The second-order valence-corrected chi connectivity index (χ2v) is 13.4. The zero-order valence-corrected chi connectivity index (χ0v) is 28.1. The van der Waals surface area contributed by atoms with E-state index < -0.39 is 12.0 Å². The first-order chi connectivity index (χ1) is 22.9. The molecule has 0 N–H and O–H groups in total. The molecule has 6 aromatic rings. The SMILES string of the molecule is CCOC(=O)C1=C(c2ccccc2)N=c2s/c(=C\c3cn(Cc4ccc(Cl)cc4)c4ccccc34)c(=O)n2[C@@H]1c1ccc(SC)cc1. The highest BCUT2D eigenvalue weighted by atomic mass is 35.5. The van der Waals surface area contributed by atoms with Gasteiger partial charge in [-0.3, -0.25) is 9.36 Å². The van der Waals surface area contributed by atoms with Crippen LogP contribution in [0.3, 0.4) is 0 Å². The Hall–Kier alpha value is -4.63. The summed E-state index contributed by atoms with van der Waals surface area (Å²) >= 11 is 9.09. The third-order valence-corrected chi connectivity index (χ3v) is 10.2. The Morgan fingerprint density at radius 1 is 0.979 bits per heavy atom. The highest BCUT2D eigenvalue weighted by Crippen LogP contribution is 2.36. The van der Waals surface area contributed by atoms with Gasteiger partial charge in [0.2, 0.25) is 0 Å². The number of thiazole rings is 1. The number of nitrogens with zero attached hydrogens (tertiary/aromatic N) is 3. The Labute approximate surface area is 284 Å². The van der Waals surface area contributed by atoms with E-state index in [9.17, 15) is 9.59 Å². The molecule has 0 unspecified atom stereocenters. The zero-order valence-electron chi connectivity index (χ0n) is 25.7. The van der Waals surface area contributed by atoms with Crippen molar-refractivity contribution in [1.29, 1.82) is 0 Å². The van der Waals surface area contributed by atoms with Crippen molar-refractivity contribution in [2.45, 2.75) is 24.4 Å². The third-order valence-electron chi connectivity index (χ3n) is 8.18. The number of carbonyl (C=O) groups is 1. The van der Waals surface area contributed by atoms with E-state index in [1.807, 2.05) is 103 Å². The molecule has 4 aromatic carbocycles. The summed E-state index contributed by atoms with van der Waals surface area (Å²) in [6.07, 6.45) is 6.03. The summed E-state index contributed by atoms with van der Waals surface area (Å²) in [5.41, 5.74) is 5.33. The molecule has 0 bridgehead atoms. The lowest BCUT2D eigenvalue weighted by atomic mass is 9.93. The monoisotopic (exact) mass is 675 g/mol. The molecule has 1 atom stereocenters. The van der Waals surface area contributed by atoms with Crippen LogP contribution in [0.2, 0.25) is 5.02 Å². The molecular formula is C38H30ClN3O3S2. The molecule has 234 valence electrons. The summed E-state index contributed by atoms with van der Waals surface area (Å²) < 4.78 is 9.97. The molecular weight excluding hydrogens is 646 g/mol. The first-order valence-corrected chi connectivity index (χ1v) is 17.6. The van der Waals surface area contributed by atoms with Crippen LogP contribution in [0.1, 0.15) is 35.2 Å². The van der Waals surface area contributed by atoms with Crippen molar-refractivity contribution in [3.63, 3.8) is 0 Å². The van der Waals surface area contributed by atoms with Crippen LogP contribution in [0.25, 0.3) is 22.7 Å². The molecule has 0 fully saturated rings. The van der Waals surface area contributed by atoms with E-state index >= 15 is 0 Å². The summed E-state index contributed by atoms with van der Waals surface area (Å²) in [6, 6.07) is 32.9. The molecule has 0 spiro atoms. The molecule has 7 rings (SSSR count). The van der Waals surface area contributed by atoms with Crippen molar-refractivity contribution in [2.75, 3.05) is 12.9 Å². The van der Waals surface area contributed by atoms with Crippen molar-refractivity contribution < 1.29 is 9.53 Å². The van der Waals surface area contributed by atoms with E-state index in [-0.39, 0.29) is 12.2 Å². The average Bonchev–Trinajstić information content (AvgIpc) is 3.61. The van der Waals surface area contributed by atoms with E-state index in [2.05, 4.69) is 22.9 Å². The Kier molecular flexibility index (Phi) is 8.73. The van der Waals surface area contributed by atoms with Crippen molar-refractivity contribution in [2.24, 2.45) is 4.99 Å². The minimum Gasteiger partial charge on any atom is -0.463 e. The van der Waals surface area contributed by atoms with Crippen LogP contribution >= 0.6 is 34.7 Å². The smallest absolute Gasteiger partial charge is 0.338 e. The van der Waals surface area contributed by atoms with Gasteiger partial charge < -0.3 is 9.30 Å². The number of thioether (sulfide) groups is 1. The third kappa shape index (κ3) is 6.00. The minimum atomic E-state index is -0.718. The number of aromatic nitrogens is 2. The first-order valence-electron chi connectivity index (χ1n) is 15.2. The fourth-order valence-electron chi connectivity index (χ4n) is 5.99. The maximum absolute atomic E-state index is 14.4. The van der Waals surface area contributed by atoms with Crippen molar-refractivity contribution >= 4 is 63.3 Å². The van der Waals surface area contributed by atoms with Gasteiger partial charge in [-0.15, -0.1) is 11.8 Å². The van der Waals surface area contributed by atoms with E-state index in [1.54, 1.807) is 23.3 Å². The quantitative estimate of drug-likeness (QED) is 0.125. The average molecular weight is 676 g/mol. The number of halogens is 1. The summed E-state index contributed by atoms with van der Waals surface area (Å²) in [4.78, 5) is 34.8. The molecule has 1 aliphatic rings. The van der Waals surface area contributed by atoms with Gasteiger partial charge in [0.05, 0.1) is 28.5 Å². The van der Waals surface area contributed by atoms with Gasteiger partial charge >= 0.3 is 5.97 Å². The van der Waals surface area contributed by atoms with Gasteiger partial charge in [0.1, 0.15) is 0 Å². The van der Waals surface area contributed by atoms with Crippen LogP contribution in [0, 0.1) is 0 Å². The highest BCUT2D eigenvalue weighted by molar-refractivity contribution is 7.98. The number of benzene rings is 4. The standard InChI is InChI=1S/C38H30ClN3O3S2/c1-3-45-37(44)33-34(25-9-5-4-6-10-25)40-38-42(35(33)26-15-19-29(46-2)20-16-26)36(43)32(47-38)21-27-23-41(31-12-8-7-11-30(27)31)22-24-13-17-28(39)18-14-24/h4-21,23,35H,3,22H2,1-2H3/b32-21-/t35-/m1/s1. The number of carbonyl (C=O) groups excluding carboxylic acids is 1. The van der Waals surface area contributed by atoms with Crippen LogP contribution in [-0.4, -0.2) is 28.0 Å². The van der Waals surface area contributed by atoms with Crippen LogP contribution in [0.5, 0.6) is 0 Å². The fourth-order valence-corrected chi connectivity index (χ4v) is 7.52. The lowest BCUT2D eigenvalue weighted by molar-refractivity contribution is -0.138. The minimum absolute atomic E-state index is 0.201. The summed E-state index contributed by atoms with van der Waals surface area (Å²) in [5, 5.41) is 1.73. The predicted molar refractivity (Wildman–Crippen MR) is 192 cm³/mol. The maximum atomic E-state index is 14.4.